The number of halogens is 1. The van der Waals surface area contributed by atoms with E-state index >= 15 is 0 Å². The monoisotopic (exact) mass is 362 g/mol. The Morgan fingerprint density at radius 2 is 2.17 bits per heavy atom. The van der Waals surface area contributed by atoms with Gasteiger partial charge in [0.05, 0.1) is 5.39 Å². The van der Waals surface area contributed by atoms with E-state index in [0.29, 0.717) is 27.5 Å². The largest absolute Gasteiger partial charge is 0.480 e. The van der Waals surface area contributed by atoms with Crippen LogP contribution in [-0.2, 0) is 17.8 Å². The molecule has 0 radical (unpaired) electrons. The van der Waals surface area contributed by atoms with Crippen molar-refractivity contribution in [3.05, 3.63) is 50.3 Å². The van der Waals surface area contributed by atoms with Crippen LogP contribution in [0.4, 0.5) is 0 Å². The molecule has 0 fully saturated rings. The molecule has 2 heterocycles. The van der Waals surface area contributed by atoms with E-state index < -0.39 is 5.97 Å². The van der Waals surface area contributed by atoms with E-state index in [1.165, 1.54) is 15.9 Å². The molecule has 1 N–H and O–H groups in total. The predicted octanol–water partition coefficient (Wildman–Crippen LogP) is 3.73. The number of carboxylic acid groups (broad SMARTS) is 1. The number of thiophene rings is 1. The summed E-state index contributed by atoms with van der Waals surface area (Å²) in [4.78, 5) is 29.1. The lowest BCUT2D eigenvalue weighted by molar-refractivity contribution is -0.137. The number of nitrogens with zero attached hydrogens (tertiary/aromatic N) is 2. The van der Waals surface area contributed by atoms with Crippen LogP contribution in [0.25, 0.3) is 21.3 Å². The minimum Gasteiger partial charge on any atom is -0.480 e. The molecule has 0 aliphatic heterocycles. The molecule has 0 spiro atoms. The third kappa shape index (κ3) is 2.83. The Labute approximate surface area is 147 Å². The maximum Gasteiger partial charge on any atom is 0.323 e. The molecule has 0 amide bonds. The maximum atomic E-state index is 12.9. The summed E-state index contributed by atoms with van der Waals surface area (Å²) in [6, 6.07) is 5.56. The fourth-order valence-electron chi connectivity index (χ4n) is 2.66. The third-order valence-electron chi connectivity index (χ3n) is 3.85. The van der Waals surface area contributed by atoms with E-state index in [2.05, 4.69) is 4.98 Å². The zero-order valence-electron chi connectivity index (χ0n) is 13.2. The predicted molar refractivity (Wildman–Crippen MR) is 96.1 cm³/mol. The van der Waals surface area contributed by atoms with Crippen molar-refractivity contribution in [3.8, 4) is 11.1 Å². The first kappa shape index (κ1) is 16.7. The number of aromatic nitrogens is 2. The second kappa shape index (κ2) is 6.37. The summed E-state index contributed by atoms with van der Waals surface area (Å²) in [5.74, 6) is -0.581. The van der Waals surface area contributed by atoms with Crippen LogP contribution in [0, 0.1) is 6.92 Å². The van der Waals surface area contributed by atoms with E-state index in [1.54, 1.807) is 6.07 Å². The molecule has 1 aromatic carbocycles. The van der Waals surface area contributed by atoms with Crippen LogP contribution in [0.15, 0.2) is 28.4 Å². The van der Waals surface area contributed by atoms with Gasteiger partial charge in [-0.25, -0.2) is 4.98 Å². The molecule has 0 saturated carbocycles. The van der Waals surface area contributed by atoms with Crippen molar-refractivity contribution >= 4 is 39.1 Å². The summed E-state index contributed by atoms with van der Waals surface area (Å²) >= 11 is 7.46. The molecule has 3 rings (SSSR count). The molecule has 7 heteroatoms. The van der Waals surface area contributed by atoms with Gasteiger partial charge in [0.1, 0.15) is 17.2 Å². The summed E-state index contributed by atoms with van der Waals surface area (Å²) < 4.78 is 1.24. The number of rotatable bonds is 4. The molecule has 0 aliphatic carbocycles. The maximum absolute atomic E-state index is 12.9. The quantitative estimate of drug-likeness (QED) is 0.767. The molecular weight excluding hydrogens is 348 g/mol. The van der Waals surface area contributed by atoms with Gasteiger partial charge in [-0.3, -0.25) is 14.2 Å². The lowest BCUT2D eigenvalue weighted by atomic mass is 10.0. The SMILES string of the molecule is CCc1nc2scc(-c3ccc(Cl)c(C)c3)c2c(=O)n1CC(=O)O. The van der Waals surface area contributed by atoms with Crippen LogP contribution >= 0.6 is 22.9 Å². The lowest BCUT2D eigenvalue weighted by Crippen LogP contribution is -2.28. The summed E-state index contributed by atoms with van der Waals surface area (Å²) in [6.07, 6.45) is 0.492. The first-order valence-corrected chi connectivity index (χ1v) is 8.67. The number of aliphatic carboxylic acids is 1. The summed E-state index contributed by atoms with van der Waals surface area (Å²) in [5.41, 5.74) is 2.22. The molecule has 0 aliphatic rings. The highest BCUT2D eigenvalue weighted by atomic mass is 35.5. The number of hydrogen-bond acceptors (Lipinski definition) is 4. The number of benzene rings is 1. The van der Waals surface area contributed by atoms with Gasteiger partial charge < -0.3 is 5.11 Å². The van der Waals surface area contributed by atoms with Gasteiger partial charge in [-0.15, -0.1) is 11.3 Å². The smallest absolute Gasteiger partial charge is 0.323 e. The number of carbonyl (C=O) groups is 1. The number of carboxylic acids is 1. The normalized spacial score (nSPS) is 11.1. The van der Waals surface area contributed by atoms with Crippen molar-refractivity contribution in [2.75, 3.05) is 0 Å². The minimum atomic E-state index is -1.06. The second-order valence-corrected chi connectivity index (χ2v) is 6.73. The van der Waals surface area contributed by atoms with Gasteiger partial charge in [0.2, 0.25) is 0 Å². The lowest BCUT2D eigenvalue weighted by Gasteiger charge is -2.09. The molecule has 0 saturated heterocycles. The Hall–Kier alpha value is -2.18. The zero-order valence-corrected chi connectivity index (χ0v) is 14.7. The Bertz CT molecular complexity index is 1010. The van der Waals surface area contributed by atoms with Crippen molar-refractivity contribution in [2.45, 2.75) is 26.8 Å². The fraction of sp³-hybridized carbons (Fsp3) is 0.235. The van der Waals surface area contributed by atoms with Gasteiger partial charge in [0, 0.05) is 22.4 Å². The standard InChI is InChI=1S/C17H15ClN2O3S/c1-3-13-19-16-15(17(23)20(13)7-14(21)22)11(8-24-16)10-4-5-12(18)9(2)6-10/h4-6,8H,3,7H2,1-2H3,(H,21,22). The van der Waals surface area contributed by atoms with Gasteiger partial charge in [0.15, 0.2) is 0 Å². The first-order valence-electron chi connectivity index (χ1n) is 7.41. The van der Waals surface area contributed by atoms with Crippen molar-refractivity contribution in [1.82, 2.24) is 9.55 Å². The molecule has 0 unspecified atom stereocenters. The van der Waals surface area contributed by atoms with Crippen LogP contribution in [0.2, 0.25) is 5.02 Å². The number of hydrogen-bond donors (Lipinski definition) is 1. The average molecular weight is 363 g/mol. The second-order valence-electron chi connectivity index (χ2n) is 5.46. The van der Waals surface area contributed by atoms with E-state index in [0.717, 1.165) is 16.7 Å². The van der Waals surface area contributed by atoms with Gasteiger partial charge in [0.25, 0.3) is 5.56 Å². The minimum absolute atomic E-state index is 0.317. The molecule has 0 atom stereocenters. The summed E-state index contributed by atoms with van der Waals surface area (Å²) in [5, 5.41) is 12.1. The molecule has 124 valence electrons. The highest BCUT2D eigenvalue weighted by Crippen LogP contribution is 2.32. The number of aryl methyl sites for hydroxylation is 2. The first-order chi connectivity index (χ1) is 11.4. The molecule has 5 nitrogen and oxygen atoms in total. The van der Waals surface area contributed by atoms with E-state index in [1.807, 2.05) is 31.4 Å². The van der Waals surface area contributed by atoms with Crippen molar-refractivity contribution in [1.29, 1.82) is 0 Å². The molecular formula is C17H15ClN2O3S. The van der Waals surface area contributed by atoms with Crippen LogP contribution in [-0.4, -0.2) is 20.6 Å². The fourth-order valence-corrected chi connectivity index (χ4v) is 3.73. The Balaban J connectivity index is 2.29. The van der Waals surface area contributed by atoms with E-state index in [-0.39, 0.29) is 12.1 Å². The average Bonchev–Trinajstić information content (AvgIpc) is 2.96. The van der Waals surface area contributed by atoms with Gasteiger partial charge >= 0.3 is 5.97 Å². The summed E-state index contributed by atoms with van der Waals surface area (Å²) in [6.45, 7) is 3.36. The third-order valence-corrected chi connectivity index (χ3v) is 5.15. The highest BCUT2D eigenvalue weighted by Gasteiger charge is 2.18. The molecule has 24 heavy (non-hydrogen) atoms. The zero-order chi connectivity index (χ0) is 17.4. The highest BCUT2D eigenvalue weighted by molar-refractivity contribution is 7.17. The van der Waals surface area contributed by atoms with Crippen LogP contribution in [0.3, 0.4) is 0 Å². The van der Waals surface area contributed by atoms with Gasteiger partial charge in [-0.1, -0.05) is 24.6 Å². The van der Waals surface area contributed by atoms with Crippen molar-refractivity contribution < 1.29 is 9.90 Å². The number of fused-ring (bicyclic) bond motifs is 1. The molecule has 2 aromatic heterocycles. The summed E-state index contributed by atoms with van der Waals surface area (Å²) in [7, 11) is 0. The molecule has 0 bridgehead atoms. The van der Waals surface area contributed by atoms with Crippen molar-refractivity contribution in [3.63, 3.8) is 0 Å². The molecule has 3 aromatic rings. The van der Waals surface area contributed by atoms with Crippen molar-refractivity contribution in [2.24, 2.45) is 0 Å². The van der Waals surface area contributed by atoms with Gasteiger partial charge in [-0.05, 0) is 30.2 Å². The topological polar surface area (TPSA) is 72.2 Å². The van der Waals surface area contributed by atoms with Gasteiger partial charge in [-0.2, -0.15) is 0 Å². The van der Waals surface area contributed by atoms with Crippen LogP contribution < -0.4 is 5.56 Å². The van der Waals surface area contributed by atoms with E-state index in [4.69, 9.17) is 16.7 Å². The van der Waals surface area contributed by atoms with E-state index in [9.17, 15) is 9.59 Å². The Morgan fingerprint density at radius 3 is 2.79 bits per heavy atom. The Morgan fingerprint density at radius 1 is 1.42 bits per heavy atom. The van der Waals surface area contributed by atoms with Crippen LogP contribution in [0.5, 0.6) is 0 Å². The Kier molecular flexibility index (Phi) is 4.43. The van der Waals surface area contributed by atoms with Crippen LogP contribution in [0.1, 0.15) is 18.3 Å².